The van der Waals surface area contributed by atoms with E-state index >= 15 is 0 Å². The molecule has 0 radical (unpaired) electrons. The molecule has 1 saturated heterocycles. The third-order valence-corrected chi connectivity index (χ3v) is 3.49. The Kier molecular flexibility index (Phi) is 4.83. The van der Waals surface area contributed by atoms with Crippen LogP contribution in [0.15, 0.2) is 24.5 Å². The summed E-state index contributed by atoms with van der Waals surface area (Å²) in [5.74, 6) is -0.0469. The van der Waals surface area contributed by atoms with Crippen LogP contribution in [0.1, 0.15) is 31.2 Å². The molecule has 1 fully saturated rings. The van der Waals surface area contributed by atoms with Crippen molar-refractivity contribution in [3.63, 3.8) is 0 Å². The molecule has 1 amide bonds. The molecule has 1 aliphatic rings. The number of carbonyl (C=O) groups excluding carboxylic acids is 2. The first-order chi connectivity index (χ1) is 9.70. The van der Waals surface area contributed by atoms with Gasteiger partial charge in [-0.2, -0.15) is 5.26 Å². The van der Waals surface area contributed by atoms with E-state index in [9.17, 15) is 9.59 Å². The largest absolute Gasteiger partial charge is 0.327 e. The second kappa shape index (κ2) is 6.80. The summed E-state index contributed by atoms with van der Waals surface area (Å²) < 4.78 is 0. The van der Waals surface area contributed by atoms with Gasteiger partial charge in [0.15, 0.2) is 0 Å². The maximum Gasteiger partial charge on any atom is 0.224 e. The fourth-order valence-corrected chi connectivity index (χ4v) is 2.41. The molecule has 0 N–H and O–H groups in total. The molecule has 2 rings (SSSR count). The van der Waals surface area contributed by atoms with E-state index in [1.807, 2.05) is 0 Å². The summed E-state index contributed by atoms with van der Waals surface area (Å²) in [6, 6.07) is 5.42. The number of amides is 1. The first-order valence-corrected chi connectivity index (χ1v) is 6.80. The van der Waals surface area contributed by atoms with Crippen molar-refractivity contribution < 1.29 is 9.59 Å². The maximum absolute atomic E-state index is 12.0. The smallest absolute Gasteiger partial charge is 0.224 e. The van der Waals surface area contributed by atoms with Gasteiger partial charge in [-0.1, -0.05) is 0 Å². The molecular weight excluding hydrogens is 254 g/mol. The van der Waals surface area contributed by atoms with Gasteiger partial charge in [0.25, 0.3) is 0 Å². The molecule has 1 aromatic rings. The van der Waals surface area contributed by atoms with Gasteiger partial charge in [-0.05, 0) is 30.5 Å². The van der Waals surface area contributed by atoms with Crippen LogP contribution in [0.25, 0.3) is 0 Å². The Labute approximate surface area is 118 Å². The lowest BCUT2D eigenvalue weighted by Crippen LogP contribution is -2.34. The predicted octanol–water partition coefficient (Wildman–Crippen LogP) is 1.49. The predicted molar refractivity (Wildman–Crippen MR) is 72.5 cm³/mol. The zero-order chi connectivity index (χ0) is 14.4. The number of nitrogens with zero attached hydrogens (tertiary/aromatic N) is 3. The third kappa shape index (κ3) is 3.64. The monoisotopic (exact) mass is 271 g/mol. The van der Waals surface area contributed by atoms with Crippen LogP contribution in [-0.4, -0.2) is 34.2 Å². The van der Waals surface area contributed by atoms with Crippen molar-refractivity contribution >= 4 is 11.7 Å². The first-order valence-electron chi connectivity index (χ1n) is 6.80. The number of carbonyl (C=O) groups is 2. The van der Waals surface area contributed by atoms with Crippen molar-refractivity contribution in [2.75, 3.05) is 6.54 Å². The highest BCUT2D eigenvalue weighted by Gasteiger charge is 2.28. The fraction of sp³-hybridized carbons (Fsp3) is 0.467. The quantitative estimate of drug-likeness (QED) is 0.813. The molecule has 0 bridgehead atoms. The fourth-order valence-electron chi connectivity index (χ4n) is 2.41. The van der Waals surface area contributed by atoms with Crippen molar-refractivity contribution in [3.8, 4) is 6.07 Å². The lowest BCUT2D eigenvalue weighted by atomic mass is 10.1. The Morgan fingerprint density at radius 3 is 2.80 bits per heavy atom. The molecule has 5 heteroatoms. The van der Waals surface area contributed by atoms with Crippen LogP contribution in [0, 0.1) is 11.3 Å². The second-order valence-electron chi connectivity index (χ2n) is 4.95. The van der Waals surface area contributed by atoms with Gasteiger partial charge in [-0.25, -0.2) is 0 Å². The Morgan fingerprint density at radius 2 is 2.10 bits per heavy atom. The van der Waals surface area contributed by atoms with Crippen LogP contribution in [0.5, 0.6) is 0 Å². The number of likely N-dealkylation sites (tertiary alicyclic amines) is 1. The van der Waals surface area contributed by atoms with Crippen LogP contribution in [-0.2, 0) is 16.0 Å². The summed E-state index contributed by atoms with van der Waals surface area (Å²) in [4.78, 5) is 29.3. The van der Waals surface area contributed by atoms with Gasteiger partial charge in [-0.3, -0.25) is 14.6 Å². The molecule has 20 heavy (non-hydrogen) atoms. The number of hydrogen-bond acceptors (Lipinski definition) is 4. The minimum atomic E-state index is -0.308. The summed E-state index contributed by atoms with van der Waals surface area (Å²) >= 11 is 0. The average molecular weight is 271 g/mol. The lowest BCUT2D eigenvalue weighted by Gasteiger charge is -2.19. The van der Waals surface area contributed by atoms with Gasteiger partial charge in [0, 0.05) is 38.2 Å². The Hall–Kier alpha value is -2.22. The molecule has 1 aromatic heterocycles. The zero-order valence-electron chi connectivity index (χ0n) is 11.3. The van der Waals surface area contributed by atoms with Crippen LogP contribution >= 0.6 is 0 Å². The highest BCUT2D eigenvalue weighted by Crippen LogP contribution is 2.18. The van der Waals surface area contributed by atoms with Crippen molar-refractivity contribution in [2.24, 2.45) is 0 Å². The summed E-state index contributed by atoms with van der Waals surface area (Å²) in [6.45, 7) is 0.635. The lowest BCUT2D eigenvalue weighted by molar-refractivity contribution is -0.133. The standard InChI is InChI=1S/C15H17N3O2/c16-11-13-2-1-9-18(13)15(20)4-3-14(19)10-12-5-7-17-8-6-12/h5-8,13H,1-4,9-10H2/t13-/m0/s1. The van der Waals surface area contributed by atoms with Crippen LogP contribution in [0.4, 0.5) is 0 Å². The van der Waals surface area contributed by atoms with Gasteiger partial charge in [-0.15, -0.1) is 0 Å². The van der Waals surface area contributed by atoms with E-state index < -0.39 is 0 Å². The number of hydrogen-bond donors (Lipinski definition) is 0. The average Bonchev–Trinajstić information content (AvgIpc) is 2.94. The van der Waals surface area contributed by atoms with Gasteiger partial charge in [0.05, 0.1) is 6.07 Å². The molecule has 0 saturated carbocycles. The molecular formula is C15H17N3O2. The molecule has 1 aliphatic heterocycles. The molecule has 0 spiro atoms. The maximum atomic E-state index is 12.0. The highest BCUT2D eigenvalue weighted by atomic mass is 16.2. The molecule has 104 valence electrons. The number of rotatable bonds is 5. The minimum Gasteiger partial charge on any atom is -0.327 e. The van der Waals surface area contributed by atoms with Gasteiger partial charge in [0.2, 0.25) is 5.91 Å². The van der Waals surface area contributed by atoms with E-state index in [0.717, 1.165) is 18.4 Å². The Morgan fingerprint density at radius 1 is 1.35 bits per heavy atom. The minimum absolute atomic E-state index is 0.0391. The highest BCUT2D eigenvalue weighted by molar-refractivity contribution is 5.86. The number of Topliss-reactive ketones (excluding diaryl/α,β-unsaturated/α-hetero) is 1. The Balaban J connectivity index is 1.79. The van der Waals surface area contributed by atoms with Gasteiger partial charge in [0.1, 0.15) is 11.8 Å². The number of ketones is 1. The topological polar surface area (TPSA) is 74.1 Å². The number of pyridine rings is 1. The summed E-state index contributed by atoms with van der Waals surface area (Å²) in [5.41, 5.74) is 0.911. The zero-order valence-corrected chi connectivity index (χ0v) is 11.3. The van der Waals surface area contributed by atoms with E-state index in [2.05, 4.69) is 11.1 Å². The van der Waals surface area contributed by atoms with E-state index in [0.29, 0.717) is 13.0 Å². The molecule has 0 unspecified atom stereocenters. The number of nitriles is 1. The van der Waals surface area contributed by atoms with Crippen molar-refractivity contribution in [1.29, 1.82) is 5.26 Å². The van der Waals surface area contributed by atoms with Crippen LogP contribution < -0.4 is 0 Å². The Bertz CT molecular complexity index is 522. The normalized spacial score (nSPS) is 17.8. The van der Waals surface area contributed by atoms with Crippen LogP contribution in [0.3, 0.4) is 0 Å². The van der Waals surface area contributed by atoms with Crippen molar-refractivity contribution in [3.05, 3.63) is 30.1 Å². The molecule has 1 atom stereocenters. The second-order valence-corrected chi connectivity index (χ2v) is 4.95. The van der Waals surface area contributed by atoms with Crippen molar-refractivity contribution in [2.45, 2.75) is 38.1 Å². The van der Waals surface area contributed by atoms with E-state index in [1.165, 1.54) is 0 Å². The van der Waals surface area contributed by atoms with Crippen molar-refractivity contribution in [1.82, 2.24) is 9.88 Å². The summed E-state index contributed by atoms with van der Waals surface area (Å²) in [7, 11) is 0. The van der Waals surface area contributed by atoms with Crippen LogP contribution in [0.2, 0.25) is 0 Å². The summed E-state index contributed by atoms with van der Waals surface area (Å²) in [5, 5.41) is 8.94. The summed E-state index contributed by atoms with van der Waals surface area (Å²) in [6.07, 6.45) is 5.67. The molecule has 2 heterocycles. The van der Waals surface area contributed by atoms with E-state index in [1.54, 1.807) is 29.4 Å². The molecule has 0 aliphatic carbocycles. The van der Waals surface area contributed by atoms with Gasteiger partial charge >= 0.3 is 0 Å². The molecule has 0 aromatic carbocycles. The van der Waals surface area contributed by atoms with E-state index in [4.69, 9.17) is 5.26 Å². The third-order valence-electron chi connectivity index (χ3n) is 3.49. The first kappa shape index (κ1) is 14.2. The number of aromatic nitrogens is 1. The SMILES string of the molecule is N#C[C@@H]1CCCN1C(=O)CCC(=O)Cc1ccncc1. The van der Waals surface area contributed by atoms with E-state index in [-0.39, 0.29) is 30.6 Å². The molecule has 5 nitrogen and oxygen atoms in total. The van der Waals surface area contributed by atoms with Gasteiger partial charge < -0.3 is 4.90 Å².